The summed E-state index contributed by atoms with van der Waals surface area (Å²) >= 11 is 0. The molecule has 0 aliphatic rings. The molecule has 0 amide bonds. The van der Waals surface area contributed by atoms with Crippen molar-refractivity contribution in [2.45, 2.75) is 46.5 Å². The Morgan fingerprint density at radius 3 is 2.43 bits per heavy atom. The maximum absolute atomic E-state index is 11.8. The number of ether oxygens (including phenoxy) is 1. The van der Waals surface area contributed by atoms with Crippen molar-refractivity contribution in [2.24, 2.45) is 5.41 Å². The second-order valence-corrected chi connectivity index (χ2v) is 6.50. The summed E-state index contributed by atoms with van der Waals surface area (Å²) in [4.78, 5) is 23.6. The van der Waals surface area contributed by atoms with Crippen LogP contribution in [0.2, 0.25) is 0 Å². The Morgan fingerprint density at radius 2 is 1.86 bits per heavy atom. The third kappa shape index (κ3) is 6.43. The van der Waals surface area contributed by atoms with Crippen LogP contribution in [0.5, 0.6) is 11.5 Å². The number of ketones is 2. The molecule has 1 N–H and O–H groups in total. The van der Waals surface area contributed by atoms with Crippen LogP contribution in [0.3, 0.4) is 0 Å². The molecule has 0 heterocycles. The predicted octanol–water partition coefficient (Wildman–Crippen LogP) is 3.30. The molecule has 0 bridgehead atoms. The normalized spacial score (nSPS) is 11.2. The van der Waals surface area contributed by atoms with Crippen LogP contribution in [0, 0.1) is 5.41 Å². The van der Waals surface area contributed by atoms with Crippen LogP contribution >= 0.6 is 0 Å². The number of phenolic OH excluding ortho intramolecular Hbond substituents is 1. The molecule has 4 nitrogen and oxygen atoms in total. The van der Waals surface area contributed by atoms with Gasteiger partial charge in [-0.25, -0.2) is 0 Å². The monoisotopic (exact) mass is 292 g/mol. The molecule has 21 heavy (non-hydrogen) atoms. The van der Waals surface area contributed by atoms with Crippen LogP contribution in [0.25, 0.3) is 0 Å². The van der Waals surface area contributed by atoms with Gasteiger partial charge in [-0.05, 0) is 29.5 Å². The summed E-state index contributed by atoms with van der Waals surface area (Å²) in [7, 11) is 1.48. The van der Waals surface area contributed by atoms with Gasteiger partial charge in [0.25, 0.3) is 0 Å². The number of Topliss-reactive ketones (excluding diaryl/α,β-unsaturated/α-hetero) is 2. The van der Waals surface area contributed by atoms with E-state index in [-0.39, 0.29) is 29.2 Å². The number of carbonyl (C=O) groups excluding carboxylic acids is 2. The highest BCUT2D eigenvalue weighted by molar-refractivity contribution is 5.99. The van der Waals surface area contributed by atoms with Crippen LogP contribution in [0.15, 0.2) is 18.2 Å². The first-order valence-corrected chi connectivity index (χ1v) is 7.10. The largest absolute Gasteiger partial charge is 0.504 e. The van der Waals surface area contributed by atoms with Gasteiger partial charge in [-0.3, -0.25) is 9.59 Å². The number of aromatic hydroxyl groups is 1. The van der Waals surface area contributed by atoms with Crippen molar-refractivity contribution in [3.8, 4) is 11.5 Å². The lowest BCUT2D eigenvalue weighted by molar-refractivity contribution is -0.127. The van der Waals surface area contributed by atoms with E-state index in [2.05, 4.69) is 0 Å². The molecule has 0 aliphatic carbocycles. The van der Waals surface area contributed by atoms with Crippen LogP contribution in [-0.2, 0) is 16.0 Å². The first-order valence-electron chi connectivity index (χ1n) is 7.10. The number of hydrogen-bond acceptors (Lipinski definition) is 4. The number of phenols is 1. The molecule has 0 saturated carbocycles. The average molecular weight is 292 g/mol. The van der Waals surface area contributed by atoms with E-state index < -0.39 is 0 Å². The molecule has 4 heteroatoms. The molecule has 0 fully saturated rings. The number of carbonyl (C=O) groups is 2. The molecular weight excluding hydrogens is 268 g/mol. The average Bonchev–Trinajstić information content (AvgIpc) is 2.35. The molecule has 0 radical (unpaired) electrons. The number of aryl methyl sites for hydroxylation is 1. The van der Waals surface area contributed by atoms with Crippen molar-refractivity contribution in [3.63, 3.8) is 0 Å². The molecule has 0 saturated heterocycles. The third-order valence-corrected chi connectivity index (χ3v) is 3.06. The fraction of sp³-hybridized carbons (Fsp3) is 0.529. The molecule has 1 rings (SSSR count). The number of rotatable bonds is 7. The summed E-state index contributed by atoms with van der Waals surface area (Å²) in [6, 6.07) is 5.01. The van der Waals surface area contributed by atoms with Crippen molar-refractivity contribution in [3.05, 3.63) is 23.8 Å². The highest BCUT2D eigenvalue weighted by Crippen LogP contribution is 2.27. The Bertz CT molecular complexity index is 512. The van der Waals surface area contributed by atoms with Gasteiger partial charge >= 0.3 is 0 Å². The molecular formula is C17H24O4. The molecule has 0 aromatic heterocycles. The van der Waals surface area contributed by atoms with Crippen LogP contribution in [0.4, 0.5) is 0 Å². The van der Waals surface area contributed by atoms with E-state index in [0.717, 1.165) is 5.56 Å². The van der Waals surface area contributed by atoms with Gasteiger partial charge in [0.05, 0.1) is 13.5 Å². The number of hydrogen-bond donors (Lipinski definition) is 1. The van der Waals surface area contributed by atoms with E-state index in [1.54, 1.807) is 18.2 Å². The minimum Gasteiger partial charge on any atom is -0.504 e. The molecule has 0 spiro atoms. The first-order chi connectivity index (χ1) is 9.71. The highest BCUT2D eigenvalue weighted by atomic mass is 16.5. The van der Waals surface area contributed by atoms with Crippen LogP contribution in [0.1, 0.15) is 45.6 Å². The molecule has 1 aromatic rings. The zero-order valence-electron chi connectivity index (χ0n) is 13.2. The number of benzene rings is 1. The summed E-state index contributed by atoms with van der Waals surface area (Å²) in [5.41, 5.74) is 0.822. The van der Waals surface area contributed by atoms with Crippen molar-refractivity contribution in [2.75, 3.05) is 7.11 Å². The van der Waals surface area contributed by atoms with E-state index in [9.17, 15) is 14.7 Å². The van der Waals surface area contributed by atoms with Gasteiger partial charge in [-0.2, -0.15) is 0 Å². The van der Waals surface area contributed by atoms with E-state index in [0.29, 0.717) is 25.0 Å². The smallest absolute Gasteiger partial charge is 0.160 e. The van der Waals surface area contributed by atoms with Gasteiger partial charge in [0.1, 0.15) is 11.6 Å². The lowest BCUT2D eigenvalue weighted by Gasteiger charge is -2.16. The molecule has 1 aromatic carbocycles. The van der Waals surface area contributed by atoms with Gasteiger partial charge in [-0.1, -0.05) is 26.8 Å². The zero-order valence-corrected chi connectivity index (χ0v) is 13.2. The van der Waals surface area contributed by atoms with Gasteiger partial charge < -0.3 is 9.84 Å². The fourth-order valence-electron chi connectivity index (χ4n) is 2.12. The van der Waals surface area contributed by atoms with Crippen LogP contribution in [-0.4, -0.2) is 23.8 Å². The Kier molecular flexibility index (Phi) is 5.94. The topological polar surface area (TPSA) is 63.6 Å². The Balaban J connectivity index is 2.48. The summed E-state index contributed by atoms with van der Waals surface area (Å²) in [5, 5.41) is 9.50. The standard InChI is InChI=1S/C17H24O4/c1-17(2,3)11-14(19)10-13(18)7-5-12-6-8-15(20)16(9-12)21-4/h6,8-9,20H,5,7,10-11H2,1-4H3. The van der Waals surface area contributed by atoms with Gasteiger partial charge in [0, 0.05) is 12.8 Å². The molecule has 116 valence electrons. The van der Waals surface area contributed by atoms with E-state index >= 15 is 0 Å². The lowest BCUT2D eigenvalue weighted by Crippen LogP contribution is -2.16. The lowest BCUT2D eigenvalue weighted by atomic mass is 9.88. The summed E-state index contributed by atoms with van der Waals surface area (Å²) < 4.78 is 5.02. The van der Waals surface area contributed by atoms with Gasteiger partial charge in [0.15, 0.2) is 11.5 Å². The Labute approximate surface area is 126 Å². The summed E-state index contributed by atoms with van der Waals surface area (Å²) in [5.74, 6) is 0.420. The summed E-state index contributed by atoms with van der Waals surface area (Å²) in [6.45, 7) is 5.95. The van der Waals surface area contributed by atoms with Crippen molar-refractivity contribution < 1.29 is 19.4 Å². The quantitative estimate of drug-likeness (QED) is 0.783. The SMILES string of the molecule is COc1cc(CCC(=O)CC(=O)CC(C)(C)C)ccc1O. The first kappa shape index (κ1) is 17.2. The van der Waals surface area contributed by atoms with Gasteiger partial charge in [0.2, 0.25) is 0 Å². The van der Waals surface area contributed by atoms with Crippen LogP contribution < -0.4 is 4.74 Å². The van der Waals surface area contributed by atoms with Gasteiger partial charge in [-0.15, -0.1) is 0 Å². The van der Waals surface area contributed by atoms with Crippen molar-refractivity contribution in [1.82, 2.24) is 0 Å². The highest BCUT2D eigenvalue weighted by Gasteiger charge is 2.18. The minimum atomic E-state index is -0.0817. The molecule has 0 aliphatic heterocycles. The van der Waals surface area contributed by atoms with Crippen molar-refractivity contribution in [1.29, 1.82) is 0 Å². The zero-order chi connectivity index (χ0) is 16.0. The second kappa shape index (κ2) is 7.25. The third-order valence-electron chi connectivity index (χ3n) is 3.06. The Morgan fingerprint density at radius 1 is 1.19 bits per heavy atom. The van der Waals surface area contributed by atoms with Crippen molar-refractivity contribution >= 4 is 11.6 Å². The fourth-order valence-corrected chi connectivity index (χ4v) is 2.12. The van der Waals surface area contributed by atoms with E-state index in [1.165, 1.54) is 7.11 Å². The second-order valence-electron chi connectivity index (χ2n) is 6.50. The molecule has 0 atom stereocenters. The Hall–Kier alpha value is -1.84. The predicted molar refractivity (Wildman–Crippen MR) is 81.7 cm³/mol. The maximum Gasteiger partial charge on any atom is 0.160 e. The summed E-state index contributed by atoms with van der Waals surface area (Å²) in [6.07, 6.45) is 1.29. The maximum atomic E-state index is 11.8. The van der Waals surface area contributed by atoms with E-state index in [4.69, 9.17) is 4.74 Å². The minimum absolute atomic E-state index is 0.00390. The molecule has 0 unspecified atom stereocenters. The van der Waals surface area contributed by atoms with E-state index in [1.807, 2.05) is 20.8 Å². The number of methoxy groups -OCH3 is 1.